The lowest BCUT2D eigenvalue weighted by Gasteiger charge is -2.12. The van der Waals surface area contributed by atoms with E-state index in [9.17, 15) is 14.4 Å². The summed E-state index contributed by atoms with van der Waals surface area (Å²) in [6.07, 6.45) is 0. The highest BCUT2D eigenvalue weighted by Gasteiger charge is 2.17. The van der Waals surface area contributed by atoms with Gasteiger partial charge in [-0.3, -0.25) is 25.2 Å². The summed E-state index contributed by atoms with van der Waals surface area (Å²) in [5, 5.41) is 2.80. The first-order chi connectivity index (χ1) is 15.0. The Balaban J connectivity index is 1.41. The van der Waals surface area contributed by atoms with Crippen LogP contribution in [0, 0.1) is 6.92 Å². The van der Waals surface area contributed by atoms with E-state index < -0.39 is 11.8 Å². The van der Waals surface area contributed by atoms with E-state index >= 15 is 0 Å². The first kappa shape index (κ1) is 20.0. The van der Waals surface area contributed by atoms with Crippen molar-refractivity contribution in [1.29, 1.82) is 0 Å². The van der Waals surface area contributed by atoms with Crippen LogP contribution in [0.3, 0.4) is 0 Å². The van der Waals surface area contributed by atoms with Gasteiger partial charge in [0.25, 0.3) is 17.7 Å². The van der Waals surface area contributed by atoms with Gasteiger partial charge in [0, 0.05) is 22.4 Å². The van der Waals surface area contributed by atoms with E-state index in [1.165, 1.54) is 6.07 Å². The minimum absolute atomic E-state index is 0.105. The van der Waals surface area contributed by atoms with E-state index in [1.807, 2.05) is 13.0 Å². The summed E-state index contributed by atoms with van der Waals surface area (Å²) >= 11 is 0. The van der Waals surface area contributed by atoms with Crippen molar-refractivity contribution < 1.29 is 23.9 Å². The van der Waals surface area contributed by atoms with Crippen molar-refractivity contribution >= 4 is 23.4 Å². The van der Waals surface area contributed by atoms with Gasteiger partial charge in [0.1, 0.15) is 0 Å². The van der Waals surface area contributed by atoms with Gasteiger partial charge in [-0.25, -0.2) is 0 Å². The molecule has 1 aliphatic rings. The summed E-state index contributed by atoms with van der Waals surface area (Å²) in [5.41, 5.74) is 7.13. The summed E-state index contributed by atoms with van der Waals surface area (Å²) < 4.78 is 10.5. The van der Waals surface area contributed by atoms with E-state index in [-0.39, 0.29) is 18.3 Å². The maximum atomic E-state index is 12.5. The van der Waals surface area contributed by atoms with Gasteiger partial charge >= 0.3 is 0 Å². The Kier molecular flexibility index (Phi) is 5.53. The molecular weight excluding hydrogens is 398 g/mol. The second-order valence-electron chi connectivity index (χ2n) is 6.83. The fraction of sp³-hybridized carbons (Fsp3) is 0.0870. The Labute approximate surface area is 178 Å². The van der Waals surface area contributed by atoms with Crippen molar-refractivity contribution in [3.63, 3.8) is 0 Å². The fourth-order valence-electron chi connectivity index (χ4n) is 2.98. The smallest absolute Gasteiger partial charge is 0.269 e. The molecule has 1 heterocycles. The molecule has 0 saturated carbocycles. The summed E-state index contributed by atoms with van der Waals surface area (Å²) in [5.74, 6) is -0.278. The fourth-order valence-corrected chi connectivity index (χ4v) is 2.98. The molecule has 3 N–H and O–H groups in total. The van der Waals surface area contributed by atoms with Gasteiger partial charge in [0.15, 0.2) is 11.5 Å². The highest BCUT2D eigenvalue weighted by atomic mass is 16.7. The predicted molar refractivity (Wildman–Crippen MR) is 113 cm³/mol. The zero-order chi connectivity index (χ0) is 21.8. The van der Waals surface area contributed by atoms with E-state index in [2.05, 4.69) is 16.2 Å². The zero-order valence-electron chi connectivity index (χ0n) is 16.6. The maximum absolute atomic E-state index is 12.5. The molecule has 4 rings (SSSR count). The van der Waals surface area contributed by atoms with E-state index in [1.54, 1.807) is 54.6 Å². The molecular formula is C23H19N3O5. The first-order valence-corrected chi connectivity index (χ1v) is 9.48. The van der Waals surface area contributed by atoms with E-state index in [0.717, 1.165) is 5.56 Å². The summed E-state index contributed by atoms with van der Waals surface area (Å²) in [6, 6.07) is 18.4. The van der Waals surface area contributed by atoms with Crippen molar-refractivity contribution in [2.75, 3.05) is 12.1 Å². The molecule has 0 saturated heterocycles. The summed E-state index contributed by atoms with van der Waals surface area (Å²) in [4.78, 5) is 37.2. The third kappa shape index (κ3) is 4.48. The average molecular weight is 417 g/mol. The Hall–Kier alpha value is -4.33. The van der Waals surface area contributed by atoms with Gasteiger partial charge < -0.3 is 14.8 Å². The highest BCUT2D eigenvalue weighted by Crippen LogP contribution is 2.32. The lowest BCUT2D eigenvalue weighted by atomic mass is 10.1. The number of anilines is 1. The standard InChI is InChI=1S/C23H19N3O5/c1-14-7-8-16(11-18(14)24-21(27)15-5-3-2-4-6-15)22(28)25-26-23(29)17-9-10-19-20(12-17)31-13-30-19/h2-12H,13H2,1H3,(H,24,27)(H,25,28)(H,26,29). The number of ether oxygens (including phenoxy) is 2. The maximum Gasteiger partial charge on any atom is 0.269 e. The molecule has 0 bridgehead atoms. The number of rotatable bonds is 4. The SMILES string of the molecule is Cc1ccc(C(=O)NNC(=O)c2ccc3c(c2)OCO3)cc1NC(=O)c1ccccc1. The van der Waals surface area contributed by atoms with Crippen LogP contribution >= 0.6 is 0 Å². The Morgan fingerprint density at radius 2 is 1.35 bits per heavy atom. The van der Waals surface area contributed by atoms with Gasteiger partial charge in [-0.05, 0) is 55.0 Å². The molecule has 156 valence electrons. The first-order valence-electron chi connectivity index (χ1n) is 9.48. The molecule has 0 atom stereocenters. The number of fused-ring (bicyclic) bond motifs is 1. The van der Waals surface area contributed by atoms with Crippen LogP contribution in [0.1, 0.15) is 36.6 Å². The number of nitrogens with one attached hydrogen (secondary N) is 3. The van der Waals surface area contributed by atoms with Gasteiger partial charge in [-0.2, -0.15) is 0 Å². The molecule has 0 aromatic heterocycles. The number of benzene rings is 3. The van der Waals surface area contributed by atoms with Crippen LogP contribution in [0.4, 0.5) is 5.69 Å². The molecule has 8 heteroatoms. The molecule has 0 unspecified atom stereocenters. The molecule has 31 heavy (non-hydrogen) atoms. The molecule has 0 radical (unpaired) electrons. The predicted octanol–water partition coefficient (Wildman–Crippen LogP) is 3.05. The molecule has 0 spiro atoms. The molecule has 8 nitrogen and oxygen atoms in total. The van der Waals surface area contributed by atoms with Crippen LogP contribution in [0.15, 0.2) is 66.7 Å². The normalized spacial score (nSPS) is 11.5. The van der Waals surface area contributed by atoms with Gasteiger partial charge in [0.05, 0.1) is 0 Å². The minimum atomic E-state index is -0.524. The van der Waals surface area contributed by atoms with Crippen molar-refractivity contribution in [3.8, 4) is 11.5 Å². The average Bonchev–Trinajstić information content (AvgIpc) is 3.27. The third-order valence-electron chi connectivity index (χ3n) is 4.71. The second-order valence-corrected chi connectivity index (χ2v) is 6.83. The third-order valence-corrected chi connectivity index (χ3v) is 4.71. The lowest BCUT2D eigenvalue weighted by molar-refractivity contribution is 0.0846. The number of hydrogen-bond acceptors (Lipinski definition) is 5. The van der Waals surface area contributed by atoms with Crippen LogP contribution in [0.25, 0.3) is 0 Å². The molecule has 3 aromatic carbocycles. The summed E-state index contributed by atoms with van der Waals surface area (Å²) in [6.45, 7) is 1.93. The lowest BCUT2D eigenvalue weighted by Crippen LogP contribution is -2.41. The number of carbonyl (C=O) groups excluding carboxylic acids is 3. The topological polar surface area (TPSA) is 106 Å². The van der Waals surface area contributed by atoms with Gasteiger partial charge in [0.2, 0.25) is 6.79 Å². The highest BCUT2D eigenvalue weighted by molar-refractivity contribution is 6.06. The number of carbonyl (C=O) groups is 3. The van der Waals surface area contributed by atoms with Crippen LogP contribution < -0.4 is 25.6 Å². The molecule has 0 aliphatic carbocycles. The minimum Gasteiger partial charge on any atom is -0.454 e. The van der Waals surface area contributed by atoms with Gasteiger partial charge in [-0.15, -0.1) is 0 Å². The van der Waals surface area contributed by atoms with Crippen LogP contribution in [-0.4, -0.2) is 24.5 Å². The van der Waals surface area contributed by atoms with Crippen LogP contribution in [0.5, 0.6) is 11.5 Å². The van der Waals surface area contributed by atoms with Crippen LogP contribution in [-0.2, 0) is 0 Å². The molecule has 0 fully saturated rings. The Morgan fingerprint density at radius 1 is 0.710 bits per heavy atom. The second kappa shape index (κ2) is 8.58. The number of amides is 3. The largest absolute Gasteiger partial charge is 0.454 e. The van der Waals surface area contributed by atoms with Crippen molar-refractivity contribution in [1.82, 2.24) is 10.9 Å². The Bertz CT molecular complexity index is 1160. The Morgan fingerprint density at radius 3 is 2.10 bits per heavy atom. The van der Waals surface area contributed by atoms with Crippen molar-refractivity contribution in [2.45, 2.75) is 6.92 Å². The molecule has 3 amide bonds. The van der Waals surface area contributed by atoms with Gasteiger partial charge in [-0.1, -0.05) is 24.3 Å². The zero-order valence-corrected chi connectivity index (χ0v) is 16.6. The molecule has 1 aliphatic heterocycles. The molecule has 3 aromatic rings. The van der Waals surface area contributed by atoms with Crippen molar-refractivity contribution in [3.05, 3.63) is 89.0 Å². The summed E-state index contributed by atoms with van der Waals surface area (Å²) in [7, 11) is 0. The van der Waals surface area contributed by atoms with Crippen molar-refractivity contribution in [2.24, 2.45) is 0 Å². The van der Waals surface area contributed by atoms with E-state index in [4.69, 9.17) is 9.47 Å². The van der Waals surface area contributed by atoms with Crippen LogP contribution in [0.2, 0.25) is 0 Å². The quantitative estimate of drug-likeness (QED) is 0.566. The number of hydrogen-bond donors (Lipinski definition) is 3. The van der Waals surface area contributed by atoms with E-state index in [0.29, 0.717) is 28.3 Å². The monoisotopic (exact) mass is 417 g/mol. The number of aryl methyl sites for hydroxylation is 1. The number of hydrazine groups is 1.